The van der Waals surface area contributed by atoms with Gasteiger partial charge in [-0.1, -0.05) is 55.3 Å². The van der Waals surface area contributed by atoms with Gasteiger partial charge in [-0.2, -0.15) is 0 Å². The number of likely N-dealkylation sites (N-methyl/N-ethyl adjacent to an activating group) is 1. The predicted molar refractivity (Wildman–Crippen MR) is 168 cm³/mol. The summed E-state index contributed by atoms with van der Waals surface area (Å²) in [5.41, 5.74) is 3.31. The molecule has 5 rings (SSSR count). The van der Waals surface area contributed by atoms with Crippen molar-refractivity contribution >= 4 is 28.8 Å². The Labute approximate surface area is 254 Å². The molecule has 1 unspecified atom stereocenters. The van der Waals surface area contributed by atoms with Gasteiger partial charge in [0.05, 0.1) is 12.5 Å². The highest BCUT2D eigenvalue weighted by Gasteiger charge is 2.49. The van der Waals surface area contributed by atoms with E-state index in [2.05, 4.69) is 28.4 Å². The van der Waals surface area contributed by atoms with Crippen LogP contribution in [0.25, 0.3) is 10.9 Å². The Kier molecular flexibility index (Phi) is 8.29. The number of alkyl carbamates (subject to hydrolysis) is 1. The number of hydrogen-bond donors (Lipinski definition) is 2. The minimum absolute atomic E-state index is 0.0370. The van der Waals surface area contributed by atoms with Gasteiger partial charge in [0.2, 0.25) is 11.8 Å². The molecular formula is C35H42N4O4. The van der Waals surface area contributed by atoms with Crippen molar-refractivity contribution in [2.45, 2.75) is 75.9 Å². The van der Waals surface area contributed by atoms with Crippen LogP contribution in [0, 0.1) is 12.3 Å². The second-order valence-corrected chi connectivity index (χ2v) is 13.1. The number of fused-ring (bicyclic) bond motifs is 3. The number of piperidine rings is 1. The van der Waals surface area contributed by atoms with E-state index in [1.54, 1.807) is 32.7 Å². The Balaban J connectivity index is 1.37. The molecule has 8 nitrogen and oxygen atoms in total. The normalized spacial score (nSPS) is 18.9. The number of amides is 3. The molecular weight excluding hydrogens is 540 g/mol. The van der Waals surface area contributed by atoms with Crippen molar-refractivity contribution in [2.24, 2.45) is 0 Å². The van der Waals surface area contributed by atoms with Crippen LogP contribution in [0.2, 0.25) is 0 Å². The zero-order valence-corrected chi connectivity index (χ0v) is 25.8. The van der Waals surface area contributed by atoms with E-state index in [1.807, 2.05) is 54.4 Å². The Morgan fingerprint density at radius 1 is 1.14 bits per heavy atom. The van der Waals surface area contributed by atoms with E-state index in [0.717, 1.165) is 34.9 Å². The van der Waals surface area contributed by atoms with Crippen molar-refractivity contribution in [2.75, 3.05) is 26.7 Å². The standard InChI is InChI=1S/C35H42N4O4/c1-7-18-38(6)31(40)26-21-35(28-14-10-8-12-24(26)28)16-19-39(20-17-35)32(41)30(37-33(42)43-34(3,4)5)23(2)27-22-36-29-15-11-9-13-25(27)29/h1,8-15,22-23,26,30,36H,16-21H2,2-6H3,(H,37,42)/t23-,26-,30?/m1/s1. The van der Waals surface area contributed by atoms with Gasteiger partial charge in [-0.25, -0.2) is 4.79 Å². The van der Waals surface area contributed by atoms with Crippen molar-refractivity contribution in [3.8, 4) is 12.3 Å². The quantitative estimate of drug-likeness (QED) is 0.386. The van der Waals surface area contributed by atoms with Gasteiger partial charge in [0.1, 0.15) is 11.6 Å². The maximum atomic E-state index is 14.2. The maximum Gasteiger partial charge on any atom is 0.408 e. The number of likely N-dealkylation sites (tertiary alicyclic amines) is 1. The van der Waals surface area contributed by atoms with Gasteiger partial charge in [-0.3, -0.25) is 9.59 Å². The molecule has 3 atom stereocenters. The molecule has 1 aliphatic carbocycles. The summed E-state index contributed by atoms with van der Waals surface area (Å²) in [5.74, 6) is 1.91. The number of H-pyrrole nitrogens is 1. The topological polar surface area (TPSA) is 94.7 Å². The second kappa shape index (κ2) is 11.8. The number of nitrogens with zero attached hydrogens (tertiary/aromatic N) is 2. The van der Waals surface area contributed by atoms with E-state index in [9.17, 15) is 14.4 Å². The van der Waals surface area contributed by atoms with Gasteiger partial charge in [-0.05, 0) is 62.8 Å². The zero-order chi connectivity index (χ0) is 30.9. The molecule has 3 aromatic rings. The molecule has 1 fully saturated rings. The summed E-state index contributed by atoms with van der Waals surface area (Å²) in [6.45, 7) is 8.71. The average molecular weight is 583 g/mol. The molecule has 0 saturated carbocycles. The molecule has 2 N–H and O–H groups in total. The molecule has 1 aromatic heterocycles. The predicted octanol–water partition coefficient (Wildman–Crippen LogP) is 5.30. The molecule has 8 heteroatoms. The molecule has 2 aliphatic rings. The Morgan fingerprint density at radius 2 is 1.81 bits per heavy atom. The number of terminal acetylenes is 1. The molecule has 1 saturated heterocycles. The van der Waals surface area contributed by atoms with Crippen LogP contribution in [0.3, 0.4) is 0 Å². The van der Waals surface area contributed by atoms with Gasteiger partial charge in [0.25, 0.3) is 0 Å². The molecule has 1 aliphatic heterocycles. The van der Waals surface area contributed by atoms with Gasteiger partial charge in [0.15, 0.2) is 0 Å². The molecule has 0 radical (unpaired) electrons. The van der Waals surface area contributed by atoms with E-state index < -0.39 is 17.7 Å². The first-order chi connectivity index (χ1) is 20.4. The smallest absolute Gasteiger partial charge is 0.408 e. The Hall–Kier alpha value is -4.25. The monoisotopic (exact) mass is 582 g/mol. The van der Waals surface area contributed by atoms with Crippen molar-refractivity contribution in [3.05, 3.63) is 71.4 Å². The highest BCUT2D eigenvalue weighted by atomic mass is 16.6. The Bertz CT molecular complexity index is 1550. The Morgan fingerprint density at radius 3 is 2.51 bits per heavy atom. The SMILES string of the molecule is C#CCN(C)C(=O)[C@@H]1CC2(CCN(C(=O)C(NC(=O)OC(C)(C)C)[C@H](C)c3c[nH]c4ccccc34)CC2)c2ccccc21. The fourth-order valence-electron chi connectivity index (χ4n) is 6.91. The van der Waals surface area contributed by atoms with Gasteiger partial charge in [0, 0.05) is 48.6 Å². The van der Waals surface area contributed by atoms with Crippen LogP contribution in [0.5, 0.6) is 0 Å². The second-order valence-electron chi connectivity index (χ2n) is 13.1. The lowest BCUT2D eigenvalue weighted by molar-refractivity contribution is -0.136. The molecule has 0 bridgehead atoms. The number of aromatic amines is 1. The summed E-state index contributed by atoms with van der Waals surface area (Å²) in [6.07, 6.45) is 8.96. The van der Waals surface area contributed by atoms with Crippen molar-refractivity contribution in [3.63, 3.8) is 0 Å². The number of hydrogen-bond acceptors (Lipinski definition) is 4. The number of ether oxygens (including phenoxy) is 1. The summed E-state index contributed by atoms with van der Waals surface area (Å²) in [4.78, 5) is 47.4. The molecule has 3 amide bonds. The number of carbonyl (C=O) groups is 3. The largest absolute Gasteiger partial charge is 0.444 e. The van der Waals surface area contributed by atoms with Crippen LogP contribution >= 0.6 is 0 Å². The van der Waals surface area contributed by atoms with E-state index in [-0.39, 0.29) is 35.6 Å². The zero-order valence-electron chi connectivity index (χ0n) is 25.8. The van der Waals surface area contributed by atoms with Crippen LogP contribution in [0.15, 0.2) is 54.7 Å². The number of para-hydroxylation sites is 1. The summed E-state index contributed by atoms with van der Waals surface area (Å²) in [7, 11) is 1.75. The van der Waals surface area contributed by atoms with E-state index in [0.29, 0.717) is 19.5 Å². The van der Waals surface area contributed by atoms with Crippen molar-refractivity contribution in [1.82, 2.24) is 20.1 Å². The number of carbonyl (C=O) groups excluding carboxylic acids is 3. The van der Waals surface area contributed by atoms with Crippen LogP contribution in [0.4, 0.5) is 4.79 Å². The molecule has 1 spiro atoms. The fourth-order valence-corrected chi connectivity index (χ4v) is 6.91. The summed E-state index contributed by atoms with van der Waals surface area (Å²) in [5, 5.41) is 3.93. The van der Waals surface area contributed by atoms with Crippen LogP contribution in [0.1, 0.15) is 75.5 Å². The van der Waals surface area contributed by atoms with Gasteiger partial charge >= 0.3 is 6.09 Å². The summed E-state index contributed by atoms with van der Waals surface area (Å²) in [6, 6.07) is 15.3. The van der Waals surface area contributed by atoms with Gasteiger partial charge < -0.3 is 24.8 Å². The highest BCUT2D eigenvalue weighted by molar-refractivity contribution is 5.90. The number of benzene rings is 2. The van der Waals surface area contributed by atoms with E-state index in [4.69, 9.17) is 11.2 Å². The van der Waals surface area contributed by atoms with Crippen LogP contribution in [-0.2, 0) is 19.7 Å². The first-order valence-electron chi connectivity index (χ1n) is 15.1. The van der Waals surface area contributed by atoms with E-state index >= 15 is 0 Å². The third kappa shape index (κ3) is 5.99. The summed E-state index contributed by atoms with van der Waals surface area (Å²) >= 11 is 0. The van der Waals surface area contributed by atoms with E-state index in [1.165, 1.54) is 5.56 Å². The van der Waals surface area contributed by atoms with Crippen molar-refractivity contribution < 1.29 is 19.1 Å². The third-order valence-electron chi connectivity index (χ3n) is 9.09. The lowest BCUT2D eigenvalue weighted by Crippen LogP contribution is -2.55. The first-order valence-corrected chi connectivity index (χ1v) is 15.1. The fraction of sp³-hybridized carbons (Fsp3) is 0.457. The van der Waals surface area contributed by atoms with Crippen LogP contribution in [-0.4, -0.2) is 71.0 Å². The third-order valence-corrected chi connectivity index (χ3v) is 9.09. The number of rotatable bonds is 6. The maximum absolute atomic E-state index is 14.2. The molecule has 2 heterocycles. The lowest BCUT2D eigenvalue weighted by atomic mass is 9.73. The summed E-state index contributed by atoms with van der Waals surface area (Å²) < 4.78 is 5.57. The molecule has 43 heavy (non-hydrogen) atoms. The molecule has 226 valence electrons. The minimum Gasteiger partial charge on any atom is -0.444 e. The molecule has 2 aromatic carbocycles. The lowest BCUT2D eigenvalue weighted by Gasteiger charge is -2.42. The first kappa shape index (κ1) is 30.2. The minimum atomic E-state index is -0.814. The number of nitrogens with one attached hydrogen (secondary N) is 2. The van der Waals surface area contributed by atoms with Gasteiger partial charge in [-0.15, -0.1) is 6.42 Å². The van der Waals surface area contributed by atoms with Crippen molar-refractivity contribution in [1.29, 1.82) is 0 Å². The van der Waals surface area contributed by atoms with Crippen LogP contribution < -0.4 is 5.32 Å². The number of aromatic nitrogens is 1. The highest BCUT2D eigenvalue weighted by Crippen LogP contribution is 2.52. The average Bonchev–Trinajstić information content (AvgIpc) is 3.54.